The summed E-state index contributed by atoms with van der Waals surface area (Å²) in [5.74, 6) is 0. The Hall–Kier alpha value is -3.09. The number of urea groups is 1. The second kappa shape index (κ2) is 5.27. The van der Waals surface area contributed by atoms with Gasteiger partial charge in [-0.3, -0.25) is 15.3 Å². The molecule has 3 aromatic rings. The Balaban J connectivity index is 1.59. The molecule has 0 radical (unpaired) electrons. The average Bonchev–Trinajstić information content (AvgIpc) is 2.93. The maximum Gasteiger partial charge on any atom is 0.337 e. The summed E-state index contributed by atoms with van der Waals surface area (Å²) in [7, 11) is 0. The van der Waals surface area contributed by atoms with E-state index in [4.69, 9.17) is 0 Å². The molecular weight excluding hydrogens is 256 g/mol. The van der Waals surface area contributed by atoms with Gasteiger partial charge in [0, 0.05) is 11.9 Å². The molecule has 0 spiro atoms. The van der Waals surface area contributed by atoms with Gasteiger partial charge in [-0.15, -0.1) is 10.2 Å². The van der Waals surface area contributed by atoms with Gasteiger partial charge in [-0.2, -0.15) is 0 Å². The van der Waals surface area contributed by atoms with E-state index in [0.717, 1.165) is 17.0 Å². The van der Waals surface area contributed by atoms with E-state index in [1.165, 1.54) is 0 Å². The second-order valence-electron chi connectivity index (χ2n) is 4.08. The maximum atomic E-state index is 11.7. The van der Waals surface area contributed by atoms with Crippen LogP contribution in [-0.2, 0) is 0 Å². The molecule has 3 rings (SSSR count). The summed E-state index contributed by atoms with van der Waals surface area (Å²) in [6.45, 7) is 0. The van der Waals surface area contributed by atoms with E-state index in [0.29, 0.717) is 0 Å². The average molecular weight is 268 g/mol. The quantitative estimate of drug-likeness (QED) is 0.633. The van der Waals surface area contributed by atoms with Crippen LogP contribution in [-0.4, -0.2) is 20.6 Å². The molecular formula is C13H12N6O. The smallest absolute Gasteiger partial charge is 0.307 e. The highest BCUT2D eigenvalue weighted by molar-refractivity contribution is 5.89. The number of para-hydroxylation sites is 1. The van der Waals surface area contributed by atoms with E-state index >= 15 is 0 Å². The predicted octanol–water partition coefficient (Wildman–Crippen LogP) is 1.88. The van der Waals surface area contributed by atoms with Crippen LogP contribution in [0.1, 0.15) is 0 Å². The fourth-order valence-corrected chi connectivity index (χ4v) is 1.71. The lowest BCUT2D eigenvalue weighted by atomic mass is 10.3. The zero-order valence-corrected chi connectivity index (χ0v) is 10.4. The molecule has 100 valence electrons. The van der Waals surface area contributed by atoms with Crippen LogP contribution in [0.25, 0.3) is 5.65 Å². The van der Waals surface area contributed by atoms with Gasteiger partial charge in [0.15, 0.2) is 5.65 Å². The van der Waals surface area contributed by atoms with Crippen molar-refractivity contribution in [2.24, 2.45) is 0 Å². The number of benzene rings is 1. The van der Waals surface area contributed by atoms with Gasteiger partial charge < -0.3 is 5.32 Å². The molecule has 2 heterocycles. The van der Waals surface area contributed by atoms with Crippen LogP contribution in [0.3, 0.4) is 0 Å². The summed E-state index contributed by atoms with van der Waals surface area (Å²) in [6.07, 6.45) is 3.36. The number of aromatic nitrogens is 3. The largest absolute Gasteiger partial charge is 0.337 e. The summed E-state index contributed by atoms with van der Waals surface area (Å²) in [6, 6.07) is 12.5. The molecule has 0 bridgehead atoms. The molecule has 0 aliphatic heterocycles. The van der Waals surface area contributed by atoms with E-state index in [1.54, 1.807) is 29.1 Å². The highest BCUT2D eigenvalue weighted by atomic mass is 16.2. The van der Waals surface area contributed by atoms with Crippen molar-refractivity contribution in [3.05, 3.63) is 55.0 Å². The Morgan fingerprint density at radius 1 is 1.05 bits per heavy atom. The van der Waals surface area contributed by atoms with Crippen molar-refractivity contribution >= 4 is 23.1 Å². The Kier molecular flexibility index (Phi) is 3.15. The number of pyridine rings is 1. The number of nitrogens with one attached hydrogen (secondary N) is 3. The molecule has 0 atom stereocenters. The van der Waals surface area contributed by atoms with Crippen LogP contribution >= 0.6 is 0 Å². The van der Waals surface area contributed by atoms with E-state index in [1.807, 2.05) is 30.3 Å². The summed E-state index contributed by atoms with van der Waals surface area (Å²) >= 11 is 0. The number of fused-ring (bicyclic) bond motifs is 1. The number of nitrogens with zero attached hydrogens (tertiary/aromatic N) is 3. The molecule has 2 amide bonds. The molecule has 2 aromatic heterocycles. The van der Waals surface area contributed by atoms with Gasteiger partial charge in [0.25, 0.3) is 0 Å². The van der Waals surface area contributed by atoms with Gasteiger partial charge >= 0.3 is 6.03 Å². The number of carbonyl (C=O) groups excluding carboxylic acids is 1. The first kappa shape index (κ1) is 12.0. The Morgan fingerprint density at radius 3 is 2.75 bits per heavy atom. The molecule has 0 fully saturated rings. The number of rotatable bonds is 3. The van der Waals surface area contributed by atoms with Crippen LogP contribution in [0, 0.1) is 0 Å². The molecule has 7 nitrogen and oxygen atoms in total. The first-order chi connectivity index (χ1) is 9.81. The third-order valence-corrected chi connectivity index (χ3v) is 2.64. The predicted molar refractivity (Wildman–Crippen MR) is 75.2 cm³/mol. The number of anilines is 2. The molecule has 0 aliphatic carbocycles. The molecule has 3 N–H and O–H groups in total. The number of carbonyl (C=O) groups is 1. The highest BCUT2D eigenvalue weighted by Crippen LogP contribution is 2.08. The van der Waals surface area contributed by atoms with Crippen molar-refractivity contribution in [3.63, 3.8) is 0 Å². The molecule has 7 heteroatoms. The lowest BCUT2D eigenvalue weighted by Gasteiger charge is -2.09. The monoisotopic (exact) mass is 268 g/mol. The summed E-state index contributed by atoms with van der Waals surface area (Å²) < 4.78 is 1.75. The van der Waals surface area contributed by atoms with Crippen molar-refractivity contribution in [1.82, 2.24) is 20.0 Å². The van der Waals surface area contributed by atoms with Crippen molar-refractivity contribution in [3.8, 4) is 0 Å². The first-order valence-corrected chi connectivity index (χ1v) is 5.99. The van der Waals surface area contributed by atoms with E-state index in [-0.39, 0.29) is 6.03 Å². The Bertz CT molecular complexity index is 724. The minimum atomic E-state index is -0.347. The van der Waals surface area contributed by atoms with Gasteiger partial charge in [-0.1, -0.05) is 18.2 Å². The van der Waals surface area contributed by atoms with E-state index in [2.05, 4.69) is 26.4 Å². The molecule has 0 saturated heterocycles. The Labute approximate surface area is 114 Å². The third kappa shape index (κ3) is 2.66. The second-order valence-corrected chi connectivity index (χ2v) is 4.08. The zero-order valence-electron chi connectivity index (χ0n) is 10.4. The maximum absolute atomic E-state index is 11.7. The van der Waals surface area contributed by atoms with Gasteiger partial charge in [0.1, 0.15) is 6.33 Å². The van der Waals surface area contributed by atoms with Crippen molar-refractivity contribution in [2.45, 2.75) is 0 Å². The van der Waals surface area contributed by atoms with Crippen LogP contribution in [0.2, 0.25) is 0 Å². The van der Waals surface area contributed by atoms with Gasteiger partial charge in [0.2, 0.25) is 0 Å². The first-order valence-electron chi connectivity index (χ1n) is 5.99. The van der Waals surface area contributed by atoms with Crippen LogP contribution in [0.15, 0.2) is 55.0 Å². The number of hydrogen-bond acceptors (Lipinski definition) is 4. The Morgan fingerprint density at radius 2 is 1.90 bits per heavy atom. The lowest BCUT2D eigenvalue weighted by molar-refractivity contribution is 0.254. The highest BCUT2D eigenvalue weighted by Gasteiger charge is 2.01. The summed E-state index contributed by atoms with van der Waals surface area (Å²) in [4.78, 5) is 11.7. The fraction of sp³-hybridized carbons (Fsp3) is 0. The van der Waals surface area contributed by atoms with Gasteiger partial charge in [0.05, 0.1) is 5.69 Å². The van der Waals surface area contributed by atoms with Crippen LogP contribution < -0.4 is 16.2 Å². The molecule has 0 unspecified atom stereocenters. The van der Waals surface area contributed by atoms with Crippen molar-refractivity contribution in [1.29, 1.82) is 0 Å². The van der Waals surface area contributed by atoms with Crippen molar-refractivity contribution < 1.29 is 4.79 Å². The van der Waals surface area contributed by atoms with Crippen LogP contribution in [0.4, 0.5) is 16.2 Å². The lowest BCUT2D eigenvalue weighted by Crippen LogP contribution is -2.33. The number of hydrogen-bond donors (Lipinski definition) is 3. The zero-order chi connectivity index (χ0) is 13.8. The van der Waals surface area contributed by atoms with E-state index in [9.17, 15) is 4.79 Å². The molecule has 0 aliphatic rings. The fourth-order valence-electron chi connectivity index (χ4n) is 1.71. The molecule has 1 aromatic carbocycles. The summed E-state index contributed by atoms with van der Waals surface area (Å²) in [5, 5.41) is 10.4. The van der Waals surface area contributed by atoms with Crippen molar-refractivity contribution in [2.75, 3.05) is 10.7 Å². The molecule has 20 heavy (non-hydrogen) atoms. The third-order valence-electron chi connectivity index (χ3n) is 2.64. The van der Waals surface area contributed by atoms with Gasteiger partial charge in [-0.25, -0.2) is 4.79 Å². The standard InChI is InChI=1S/C13H12N6O/c20-13(15-10-4-2-1-3-5-10)18-16-11-6-7-12-17-14-9-19(12)8-11/h1-9,16H,(H2,15,18,20). The normalized spacial score (nSPS) is 10.2. The summed E-state index contributed by atoms with van der Waals surface area (Å²) in [5.41, 5.74) is 7.54. The molecule has 0 saturated carbocycles. The van der Waals surface area contributed by atoms with Gasteiger partial charge in [-0.05, 0) is 24.3 Å². The number of hydrazine groups is 1. The number of amides is 2. The SMILES string of the molecule is O=C(NNc1ccc2nncn2c1)Nc1ccccc1. The topological polar surface area (TPSA) is 83.3 Å². The minimum absolute atomic E-state index is 0.347. The van der Waals surface area contributed by atoms with Crippen LogP contribution in [0.5, 0.6) is 0 Å². The minimum Gasteiger partial charge on any atom is -0.307 e. The van der Waals surface area contributed by atoms with E-state index < -0.39 is 0 Å².